The lowest BCUT2D eigenvalue weighted by Gasteiger charge is -2.32. The standard InChI is InChI=1S/C24H26N2S/c1-4-12-21(13-5-1)26(22-14-6-2-7-15-22)25-24-18-10-11-20(24)19-27-23-16-8-3-9-17-23/h1-9,12-17,20,24-25H,10-11,18-19H2/t20-,24+/m0/s1. The third kappa shape index (κ3) is 4.74. The third-order valence-corrected chi connectivity index (χ3v) is 6.39. The van der Waals surface area contributed by atoms with Gasteiger partial charge in [0.25, 0.3) is 0 Å². The molecule has 138 valence electrons. The highest BCUT2D eigenvalue weighted by atomic mass is 32.2. The molecule has 0 radical (unpaired) electrons. The zero-order valence-electron chi connectivity index (χ0n) is 15.5. The van der Waals surface area contributed by atoms with E-state index in [4.69, 9.17) is 0 Å². The maximum Gasteiger partial charge on any atom is 0.0577 e. The van der Waals surface area contributed by atoms with Crippen LogP contribution in [0, 0.1) is 5.92 Å². The minimum absolute atomic E-state index is 0.502. The Kier molecular flexibility index (Phi) is 6.13. The third-order valence-electron chi connectivity index (χ3n) is 5.19. The van der Waals surface area contributed by atoms with E-state index in [9.17, 15) is 0 Å². The fourth-order valence-electron chi connectivity index (χ4n) is 3.74. The van der Waals surface area contributed by atoms with Crippen LogP contribution in [0.5, 0.6) is 0 Å². The Morgan fingerprint density at radius 2 is 1.30 bits per heavy atom. The molecule has 1 aliphatic rings. The lowest BCUT2D eigenvalue weighted by atomic mass is 10.1. The first kappa shape index (κ1) is 18.1. The highest BCUT2D eigenvalue weighted by Crippen LogP contribution is 2.33. The number of thioether (sulfide) groups is 1. The molecule has 0 bridgehead atoms. The predicted octanol–water partition coefficient (Wildman–Crippen LogP) is 6.29. The van der Waals surface area contributed by atoms with Crippen LogP contribution in [0.15, 0.2) is 95.9 Å². The van der Waals surface area contributed by atoms with Gasteiger partial charge in [-0.2, -0.15) is 0 Å². The highest BCUT2D eigenvalue weighted by Gasteiger charge is 2.29. The van der Waals surface area contributed by atoms with Crippen LogP contribution in [0.2, 0.25) is 0 Å². The van der Waals surface area contributed by atoms with Crippen LogP contribution in [0.1, 0.15) is 19.3 Å². The molecular weight excluding hydrogens is 348 g/mol. The topological polar surface area (TPSA) is 15.3 Å². The van der Waals surface area contributed by atoms with Crippen molar-refractivity contribution in [3.05, 3.63) is 91.0 Å². The number of anilines is 2. The summed E-state index contributed by atoms with van der Waals surface area (Å²) in [5.41, 5.74) is 6.23. The van der Waals surface area contributed by atoms with Crippen LogP contribution >= 0.6 is 11.8 Å². The van der Waals surface area contributed by atoms with Crippen molar-refractivity contribution >= 4 is 23.1 Å². The maximum atomic E-state index is 3.85. The Morgan fingerprint density at radius 3 is 1.89 bits per heavy atom. The zero-order chi connectivity index (χ0) is 18.3. The second kappa shape index (κ2) is 9.12. The molecule has 3 aromatic carbocycles. The van der Waals surface area contributed by atoms with Gasteiger partial charge in [-0.3, -0.25) is 5.01 Å². The van der Waals surface area contributed by atoms with Crippen molar-refractivity contribution in [3.8, 4) is 0 Å². The fraction of sp³-hybridized carbons (Fsp3) is 0.250. The van der Waals surface area contributed by atoms with Crippen LogP contribution in [0.3, 0.4) is 0 Å². The molecule has 4 rings (SSSR count). The minimum atomic E-state index is 0.502. The predicted molar refractivity (Wildman–Crippen MR) is 116 cm³/mol. The molecule has 0 spiro atoms. The maximum absolute atomic E-state index is 3.85. The molecule has 2 nitrogen and oxygen atoms in total. The van der Waals surface area contributed by atoms with E-state index in [-0.39, 0.29) is 0 Å². The Balaban J connectivity index is 1.48. The largest absolute Gasteiger partial charge is 0.277 e. The number of rotatable bonds is 7. The van der Waals surface area contributed by atoms with Crippen LogP contribution in [-0.2, 0) is 0 Å². The summed E-state index contributed by atoms with van der Waals surface area (Å²) in [5, 5.41) is 2.26. The van der Waals surface area contributed by atoms with Gasteiger partial charge in [-0.1, -0.05) is 61.0 Å². The first-order valence-electron chi connectivity index (χ1n) is 9.74. The van der Waals surface area contributed by atoms with Gasteiger partial charge in [-0.15, -0.1) is 11.8 Å². The molecule has 27 heavy (non-hydrogen) atoms. The lowest BCUT2D eigenvalue weighted by Crippen LogP contribution is -2.44. The van der Waals surface area contributed by atoms with E-state index >= 15 is 0 Å². The van der Waals surface area contributed by atoms with E-state index in [1.165, 1.54) is 41.3 Å². The van der Waals surface area contributed by atoms with Gasteiger partial charge in [0.1, 0.15) is 0 Å². The number of nitrogens with one attached hydrogen (secondary N) is 1. The molecule has 1 fully saturated rings. The summed E-state index contributed by atoms with van der Waals surface area (Å²) in [6.45, 7) is 0. The van der Waals surface area contributed by atoms with Gasteiger partial charge < -0.3 is 0 Å². The quantitative estimate of drug-likeness (QED) is 0.386. The Bertz CT molecular complexity index is 768. The molecule has 3 heteroatoms. The molecule has 1 saturated carbocycles. The van der Waals surface area contributed by atoms with Crippen molar-refractivity contribution in [2.45, 2.75) is 30.2 Å². The van der Waals surface area contributed by atoms with Crippen molar-refractivity contribution in [2.24, 2.45) is 5.92 Å². The van der Waals surface area contributed by atoms with Gasteiger partial charge in [0.2, 0.25) is 0 Å². The normalized spacial score (nSPS) is 19.1. The van der Waals surface area contributed by atoms with E-state index in [1.54, 1.807) is 0 Å². The number of nitrogens with zero attached hydrogens (tertiary/aromatic N) is 1. The summed E-state index contributed by atoms with van der Waals surface area (Å²) in [5.74, 6) is 1.85. The highest BCUT2D eigenvalue weighted by molar-refractivity contribution is 7.99. The van der Waals surface area contributed by atoms with Gasteiger partial charge in [0.15, 0.2) is 0 Å². The van der Waals surface area contributed by atoms with Crippen LogP contribution < -0.4 is 10.4 Å². The molecule has 0 aromatic heterocycles. The number of hydrazine groups is 1. The molecule has 2 atom stereocenters. The fourth-order valence-corrected chi connectivity index (χ4v) is 4.90. The Hall–Kier alpha value is -2.23. The molecule has 0 saturated heterocycles. The first-order valence-corrected chi connectivity index (χ1v) is 10.7. The van der Waals surface area contributed by atoms with Crippen molar-refractivity contribution in [1.82, 2.24) is 5.43 Å². The van der Waals surface area contributed by atoms with Crippen LogP contribution in [0.4, 0.5) is 11.4 Å². The smallest absolute Gasteiger partial charge is 0.0577 e. The molecule has 1 N–H and O–H groups in total. The second-order valence-corrected chi connectivity index (χ2v) is 8.15. The molecule has 0 amide bonds. The van der Waals surface area contributed by atoms with Gasteiger partial charge in [0, 0.05) is 16.7 Å². The van der Waals surface area contributed by atoms with Crippen molar-refractivity contribution in [3.63, 3.8) is 0 Å². The van der Waals surface area contributed by atoms with E-state index < -0.39 is 0 Å². The lowest BCUT2D eigenvalue weighted by molar-refractivity contribution is 0.437. The Labute approximate surface area is 166 Å². The molecule has 1 aliphatic carbocycles. The summed E-state index contributed by atoms with van der Waals surface area (Å²) in [6.07, 6.45) is 3.83. The number of benzene rings is 3. The van der Waals surface area contributed by atoms with Gasteiger partial charge in [-0.25, -0.2) is 5.43 Å². The summed E-state index contributed by atoms with van der Waals surface area (Å²) >= 11 is 1.98. The zero-order valence-corrected chi connectivity index (χ0v) is 16.3. The minimum Gasteiger partial charge on any atom is -0.277 e. The van der Waals surface area contributed by atoms with E-state index in [2.05, 4.69) is 101 Å². The van der Waals surface area contributed by atoms with Crippen molar-refractivity contribution in [2.75, 3.05) is 10.8 Å². The second-order valence-electron chi connectivity index (χ2n) is 7.06. The monoisotopic (exact) mass is 374 g/mol. The molecule has 3 aromatic rings. The van der Waals surface area contributed by atoms with Crippen LogP contribution in [-0.4, -0.2) is 11.8 Å². The molecule has 0 heterocycles. The van der Waals surface area contributed by atoms with Crippen LogP contribution in [0.25, 0.3) is 0 Å². The van der Waals surface area contributed by atoms with E-state index in [0.29, 0.717) is 12.0 Å². The molecular formula is C24H26N2S. The average molecular weight is 375 g/mol. The summed E-state index contributed by atoms with van der Waals surface area (Å²) in [7, 11) is 0. The first-order chi connectivity index (χ1) is 13.4. The SMILES string of the molecule is c1ccc(SC[C@@H]2CCC[C@H]2NN(c2ccccc2)c2ccccc2)cc1. The van der Waals surface area contributed by atoms with Gasteiger partial charge >= 0.3 is 0 Å². The summed E-state index contributed by atoms with van der Waals surface area (Å²) in [6, 6.07) is 32.5. The van der Waals surface area contributed by atoms with E-state index in [0.717, 1.165) is 0 Å². The average Bonchev–Trinajstić information content (AvgIpc) is 3.19. The van der Waals surface area contributed by atoms with Gasteiger partial charge in [-0.05, 0) is 55.2 Å². The van der Waals surface area contributed by atoms with Crippen molar-refractivity contribution in [1.29, 1.82) is 0 Å². The van der Waals surface area contributed by atoms with E-state index in [1.807, 2.05) is 11.8 Å². The Morgan fingerprint density at radius 1 is 0.741 bits per heavy atom. The number of hydrogen-bond acceptors (Lipinski definition) is 3. The van der Waals surface area contributed by atoms with Crippen molar-refractivity contribution < 1.29 is 0 Å². The molecule has 0 aliphatic heterocycles. The summed E-state index contributed by atoms with van der Waals surface area (Å²) < 4.78 is 0. The summed E-state index contributed by atoms with van der Waals surface area (Å²) in [4.78, 5) is 1.37. The molecule has 0 unspecified atom stereocenters. The van der Waals surface area contributed by atoms with Gasteiger partial charge in [0.05, 0.1) is 11.4 Å². The number of para-hydroxylation sites is 2. The number of hydrogen-bond donors (Lipinski definition) is 1.